The van der Waals surface area contributed by atoms with Crippen molar-refractivity contribution < 1.29 is 4.79 Å². The minimum atomic E-state index is -0.200. The average Bonchev–Trinajstić information content (AvgIpc) is 3.38. The summed E-state index contributed by atoms with van der Waals surface area (Å²) in [5.41, 5.74) is 4.33. The van der Waals surface area contributed by atoms with Gasteiger partial charge in [-0.3, -0.25) is 0 Å². The van der Waals surface area contributed by atoms with Crippen LogP contribution in [0.1, 0.15) is 12.5 Å². The van der Waals surface area contributed by atoms with Crippen molar-refractivity contribution in [1.82, 2.24) is 9.88 Å². The van der Waals surface area contributed by atoms with Gasteiger partial charge in [-0.1, -0.05) is 30.3 Å². The zero-order chi connectivity index (χ0) is 20.2. The van der Waals surface area contributed by atoms with Crippen molar-refractivity contribution in [2.75, 3.05) is 11.6 Å². The molecule has 6 heteroatoms. The fourth-order valence-electron chi connectivity index (χ4n) is 3.62. The van der Waals surface area contributed by atoms with Gasteiger partial charge in [0.05, 0.1) is 10.6 Å². The van der Waals surface area contributed by atoms with Crippen LogP contribution in [0.4, 0.5) is 10.5 Å². The van der Waals surface area contributed by atoms with Crippen LogP contribution in [0, 0.1) is 0 Å². The lowest BCUT2D eigenvalue weighted by molar-refractivity contribution is 0.252. The molecule has 0 saturated carbocycles. The zero-order valence-electron chi connectivity index (χ0n) is 16.4. The van der Waals surface area contributed by atoms with Gasteiger partial charge in [0.25, 0.3) is 0 Å². The lowest BCUT2D eigenvalue weighted by atomic mass is 10.1. The van der Waals surface area contributed by atoms with E-state index in [-0.39, 0.29) is 6.03 Å². The number of para-hydroxylation sites is 1. The Labute approximate surface area is 178 Å². The van der Waals surface area contributed by atoms with Crippen LogP contribution in [0.25, 0.3) is 21.5 Å². The summed E-state index contributed by atoms with van der Waals surface area (Å²) in [6, 6.07) is 20.3. The number of fused-ring (bicyclic) bond motifs is 1. The van der Waals surface area contributed by atoms with Crippen molar-refractivity contribution in [3.8, 4) is 10.6 Å². The van der Waals surface area contributed by atoms with Gasteiger partial charge in [-0.05, 0) is 48.9 Å². The maximum Gasteiger partial charge on any atom is 0.319 e. The summed E-state index contributed by atoms with van der Waals surface area (Å²) in [4.78, 5) is 14.9. The minimum absolute atomic E-state index is 0.200. The highest BCUT2D eigenvalue weighted by atomic mass is 32.2. The van der Waals surface area contributed by atoms with Crippen LogP contribution in [-0.4, -0.2) is 16.9 Å². The topological polar surface area (TPSA) is 46.1 Å². The number of anilines is 1. The number of carbonyl (C=O) groups excluding carboxylic acids is 1. The number of nitrogens with zero attached hydrogens (tertiary/aromatic N) is 1. The van der Waals surface area contributed by atoms with Gasteiger partial charge < -0.3 is 15.2 Å². The smallest absolute Gasteiger partial charge is 0.319 e. The second-order valence-corrected chi connectivity index (χ2v) is 8.43. The van der Waals surface area contributed by atoms with Crippen LogP contribution in [0.5, 0.6) is 0 Å². The molecule has 0 saturated heterocycles. The first-order chi connectivity index (χ1) is 14.2. The van der Waals surface area contributed by atoms with Crippen molar-refractivity contribution in [2.45, 2.75) is 24.9 Å². The van der Waals surface area contributed by atoms with Gasteiger partial charge in [-0.25, -0.2) is 4.79 Å². The summed E-state index contributed by atoms with van der Waals surface area (Å²) in [5, 5.41) is 9.27. The van der Waals surface area contributed by atoms with Crippen LogP contribution in [-0.2, 0) is 13.1 Å². The monoisotopic (exact) mass is 421 g/mol. The number of benzene rings is 2. The normalized spacial score (nSPS) is 11.0. The highest BCUT2D eigenvalue weighted by molar-refractivity contribution is 7.98. The van der Waals surface area contributed by atoms with Gasteiger partial charge in [-0.15, -0.1) is 23.1 Å². The quantitative estimate of drug-likeness (QED) is 0.352. The molecule has 0 unspecified atom stereocenters. The van der Waals surface area contributed by atoms with Crippen molar-refractivity contribution in [2.24, 2.45) is 0 Å². The van der Waals surface area contributed by atoms with Gasteiger partial charge in [0.15, 0.2) is 0 Å². The summed E-state index contributed by atoms with van der Waals surface area (Å²) in [7, 11) is 0. The summed E-state index contributed by atoms with van der Waals surface area (Å²) in [5.74, 6) is 0. The molecule has 0 aliphatic carbocycles. The van der Waals surface area contributed by atoms with Crippen LogP contribution >= 0.6 is 23.1 Å². The number of hydrogen-bond donors (Lipinski definition) is 2. The van der Waals surface area contributed by atoms with E-state index in [1.54, 1.807) is 23.1 Å². The van der Waals surface area contributed by atoms with E-state index >= 15 is 0 Å². The number of thiophene rings is 1. The lowest BCUT2D eigenvalue weighted by Gasteiger charge is -2.11. The molecule has 4 rings (SSSR count). The summed E-state index contributed by atoms with van der Waals surface area (Å²) < 4.78 is 2.33. The number of rotatable bonds is 6. The molecule has 2 amide bonds. The molecule has 29 heavy (non-hydrogen) atoms. The highest BCUT2D eigenvalue weighted by Crippen LogP contribution is 2.36. The third kappa shape index (κ3) is 4.04. The number of carbonyl (C=O) groups is 1. The third-order valence-electron chi connectivity index (χ3n) is 4.90. The predicted molar refractivity (Wildman–Crippen MR) is 125 cm³/mol. The lowest BCUT2D eigenvalue weighted by Crippen LogP contribution is -2.28. The van der Waals surface area contributed by atoms with Gasteiger partial charge in [-0.2, -0.15) is 0 Å². The molecule has 2 aromatic heterocycles. The second-order valence-electron chi connectivity index (χ2n) is 6.61. The molecular weight excluding hydrogens is 398 g/mol. The summed E-state index contributed by atoms with van der Waals surface area (Å²) in [6.45, 7) is 3.50. The molecule has 0 bridgehead atoms. The molecule has 2 aromatic carbocycles. The Kier molecular flexibility index (Phi) is 5.92. The molecule has 0 aliphatic rings. The van der Waals surface area contributed by atoms with E-state index in [9.17, 15) is 4.79 Å². The molecule has 4 nitrogen and oxygen atoms in total. The number of aromatic nitrogens is 1. The summed E-state index contributed by atoms with van der Waals surface area (Å²) in [6.07, 6.45) is 2.02. The maximum atomic E-state index is 12.6. The van der Waals surface area contributed by atoms with E-state index in [4.69, 9.17) is 0 Å². The molecule has 0 radical (unpaired) electrons. The Morgan fingerprint density at radius 3 is 2.72 bits per heavy atom. The molecule has 0 spiro atoms. The second kappa shape index (κ2) is 8.76. The van der Waals surface area contributed by atoms with Crippen LogP contribution in [0.3, 0.4) is 0 Å². The third-order valence-corrected chi connectivity index (χ3v) is 6.50. The Bertz CT molecular complexity index is 1130. The Morgan fingerprint density at radius 1 is 1.10 bits per heavy atom. The molecule has 2 N–H and O–H groups in total. The Balaban J connectivity index is 1.62. The van der Waals surface area contributed by atoms with Gasteiger partial charge >= 0.3 is 6.03 Å². The van der Waals surface area contributed by atoms with Crippen LogP contribution in [0.2, 0.25) is 0 Å². The van der Waals surface area contributed by atoms with Crippen LogP contribution in [0.15, 0.2) is 70.9 Å². The molecule has 2 heterocycles. The van der Waals surface area contributed by atoms with Gasteiger partial charge in [0.1, 0.15) is 0 Å². The van der Waals surface area contributed by atoms with Gasteiger partial charge in [0, 0.05) is 40.1 Å². The summed E-state index contributed by atoms with van der Waals surface area (Å²) >= 11 is 3.38. The van der Waals surface area contributed by atoms with E-state index in [0.29, 0.717) is 6.54 Å². The van der Waals surface area contributed by atoms with E-state index in [1.165, 1.54) is 21.5 Å². The first-order valence-corrected chi connectivity index (χ1v) is 11.6. The van der Waals surface area contributed by atoms with Crippen molar-refractivity contribution in [1.29, 1.82) is 0 Å². The van der Waals surface area contributed by atoms with Crippen molar-refractivity contribution >= 4 is 45.7 Å². The average molecular weight is 422 g/mol. The van der Waals surface area contributed by atoms with Gasteiger partial charge in [0.2, 0.25) is 0 Å². The first-order valence-electron chi connectivity index (χ1n) is 9.54. The number of nitrogens with one attached hydrogen (secondary N) is 2. The SMILES string of the molecule is CCn1c(-c2cccs2)c(CNC(=O)Nc2cccc(SC)c2)c2ccccc21. The Morgan fingerprint density at radius 2 is 1.97 bits per heavy atom. The van der Waals surface area contributed by atoms with Crippen molar-refractivity contribution in [3.63, 3.8) is 0 Å². The van der Waals surface area contributed by atoms with E-state index in [2.05, 4.69) is 63.9 Å². The Hall–Kier alpha value is -2.70. The molecule has 148 valence electrons. The maximum absolute atomic E-state index is 12.6. The standard InChI is InChI=1S/C23H23N3OS2/c1-3-26-20-11-5-4-10-18(20)19(22(26)21-12-7-13-29-21)15-24-23(27)25-16-8-6-9-17(14-16)28-2/h4-14H,3,15H2,1-2H3,(H2,24,25,27). The van der Waals surface area contributed by atoms with E-state index < -0.39 is 0 Å². The molecule has 0 atom stereocenters. The number of aryl methyl sites for hydroxylation is 1. The van der Waals surface area contributed by atoms with Crippen molar-refractivity contribution in [3.05, 3.63) is 71.6 Å². The molecular formula is C23H23N3OS2. The number of amides is 2. The fraction of sp³-hybridized carbons (Fsp3) is 0.174. The number of thioether (sulfide) groups is 1. The largest absolute Gasteiger partial charge is 0.340 e. The molecule has 0 aliphatic heterocycles. The minimum Gasteiger partial charge on any atom is -0.340 e. The predicted octanol–water partition coefficient (Wildman–Crippen LogP) is 6.43. The number of hydrogen-bond acceptors (Lipinski definition) is 3. The highest BCUT2D eigenvalue weighted by Gasteiger charge is 2.18. The van der Waals surface area contributed by atoms with E-state index in [1.807, 2.05) is 30.5 Å². The van der Waals surface area contributed by atoms with E-state index in [0.717, 1.165) is 22.7 Å². The fourth-order valence-corrected chi connectivity index (χ4v) is 4.89. The molecule has 0 fully saturated rings. The zero-order valence-corrected chi connectivity index (χ0v) is 18.1. The number of urea groups is 1. The molecule has 4 aromatic rings. The van der Waals surface area contributed by atoms with Crippen LogP contribution < -0.4 is 10.6 Å². The first kappa shape index (κ1) is 19.6.